The largest absolute Gasteiger partial charge is 0.448 e. The number of hydrogen-bond donors (Lipinski definition) is 1. The van der Waals surface area contributed by atoms with Crippen LogP contribution in [0.3, 0.4) is 0 Å². The average molecular weight is 302 g/mol. The number of pyridine rings is 1. The molecule has 16 heavy (non-hydrogen) atoms. The molecule has 2 rings (SSSR count). The molecule has 0 saturated carbocycles. The fraction of sp³-hybridized carbons (Fsp3) is 0.182. The maximum absolute atomic E-state index is 5.67. The van der Waals surface area contributed by atoms with E-state index >= 15 is 0 Å². The summed E-state index contributed by atoms with van der Waals surface area (Å²) in [5.41, 5.74) is 0.947. The van der Waals surface area contributed by atoms with Crippen molar-refractivity contribution >= 4 is 33.3 Å². The molecule has 2 aromatic heterocycles. The van der Waals surface area contributed by atoms with Crippen LogP contribution in [-0.4, -0.2) is 4.98 Å². The SMILES string of the molecule is Cc1nc(NCc2ccc(Cl)o2)ccc1Br. The topological polar surface area (TPSA) is 38.1 Å². The molecule has 3 nitrogen and oxygen atoms in total. The van der Waals surface area contributed by atoms with Crippen molar-refractivity contribution in [2.24, 2.45) is 0 Å². The smallest absolute Gasteiger partial charge is 0.193 e. The zero-order valence-corrected chi connectivity index (χ0v) is 11.0. The Kier molecular flexibility index (Phi) is 3.51. The summed E-state index contributed by atoms with van der Waals surface area (Å²) in [6.45, 7) is 2.51. The molecule has 84 valence electrons. The molecule has 0 aromatic carbocycles. The van der Waals surface area contributed by atoms with Crippen molar-refractivity contribution in [3.8, 4) is 0 Å². The van der Waals surface area contributed by atoms with Gasteiger partial charge in [0.15, 0.2) is 5.22 Å². The minimum Gasteiger partial charge on any atom is -0.448 e. The van der Waals surface area contributed by atoms with Crippen molar-refractivity contribution in [2.75, 3.05) is 5.32 Å². The molecule has 0 aliphatic carbocycles. The standard InChI is InChI=1S/C11H10BrClN2O/c1-7-9(12)3-5-11(15-7)14-6-8-2-4-10(13)16-8/h2-5H,6H2,1H3,(H,14,15). The molecule has 0 unspecified atom stereocenters. The van der Waals surface area contributed by atoms with Crippen molar-refractivity contribution in [2.45, 2.75) is 13.5 Å². The number of nitrogens with one attached hydrogen (secondary N) is 1. The lowest BCUT2D eigenvalue weighted by Crippen LogP contribution is -2.01. The van der Waals surface area contributed by atoms with Crippen LogP contribution in [0, 0.1) is 6.92 Å². The zero-order valence-electron chi connectivity index (χ0n) is 8.63. The van der Waals surface area contributed by atoms with E-state index in [1.54, 1.807) is 6.07 Å². The molecule has 0 bridgehead atoms. The predicted molar refractivity (Wildman–Crippen MR) is 67.7 cm³/mol. The van der Waals surface area contributed by atoms with Crippen molar-refractivity contribution in [3.63, 3.8) is 0 Å². The first kappa shape index (κ1) is 11.5. The van der Waals surface area contributed by atoms with Gasteiger partial charge < -0.3 is 9.73 Å². The molecule has 0 atom stereocenters. The summed E-state index contributed by atoms with van der Waals surface area (Å²) in [4.78, 5) is 4.36. The Morgan fingerprint density at radius 3 is 2.81 bits per heavy atom. The molecular weight excluding hydrogens is 291 g/mol. The number of nitrogens with zero attached hydrogens (tertiary/aromatic N) is 1. The zero-order chi connectivity index (χ0) is 11.5. The first-order chi connectivity index (χ1) is 7.65. The van der Waals surface area contributed by atoms with Gasteiger partial charge in [-0.15, -0.1) is 0 Å². The van der Waals surface area contributed by atoms with Gasteiger partial charge in [0.25, 0.3) is 0 Å². The summed E-state index contributed by atoms with van der Waals surface area (Å²) >= 11 is 9.07. The van der Waals surface area contributed by atoms with Crippen LogP contribution in [0.2, 0.25) is 5.22 Å². The van der Waals surface area contributed by atoms with Crippen LogP contribution in [0.4, 0.5) is 5.82 Å². The predicted octanol–water partition coefficient (Wildman–Crippen LogP) is 4.01. The van der Waals surface area contributed by atoms with E-state index < -0.39 is 0 Å². The van der Waals surface area contributed by atoms with Gasteiger partial charge in [0.05, 0.1) is 12.2 Å². The van der Waals surface area contributed by atoms with E-state index in [9.17, 15) is 0 Å². The number of aromatic nitrogens is 1. The first-order valence-corrected chi connectivity index (χ1v) is 5.93. The third-order valence-electron chi connectivity index (χ3n) is 2.09. The van der Waals surface area contributed by atoms with E-state index in [2.05, 4.69) is 26.2 Å². The van der Waals surface area contributed by atoms with Crippen LogP contribution < -0.4 is 5.32 Å². The van der Waals surface area contributed by atoms with Gasteiger partial charge in [-0.05, 0) is 58.7 Å². The lowest BCUT2D eigenvalue weighted by molar-refractivity contribution is 0.519. The Morgan fingerprint density at radius 1 is 1.38 bits per heavy atom. The highest BCUT2D eigenvalue weighted by atomic mass is 79.9. The maximum Gasteiger partial charge on any atom is 0.193 e. The van der Waals surface area contributed by atoms with E-state index in [1.807, 2.05) is 25.1 Å². The Hall–Kier alpha value is -1.00. The number of anilines is 1. The minimum absolute atomic E-state index is 0.400. The second-order valence-electron chi connectivity index (χ2n) is 3.32. The Balaban J connectivity index is 2.02. The molecule has 5 heteroatoms. The lowest BCUT2D eigenvalue weighted by atomic mass is 10.3. The average Bonchev–Trinajstić information content (AvgIpc) is 2.66. The molecule has 0 fully saturated rings. The van der Waals surface area contributed by atoms with Crippen molar-refractivity contribution < 1.29 is 4.42 Å². The number of aryl methyl sites for hydroxylation is 1. The molecule has 2 aromatic rings. The van der Waals surface area contributed by atoms with E-state index in [4.69, 9.17) is 16.0 Å². The Labute approximate surface area is 107 Å². The van der Waals surface area contributed by atoms with Crippen LogP contribution in [-0.2, 0) is 6.54 Å². The molecule has 0 aliphatic heterocycles. The van der Waals surface area contributed by atoms with Crippen molar-refractivity contribution in [3.05, 3.63) is 45.4 Å². The Morgan fingerprint density at radius 2 is 2.19 bits per heavy atom. The minimum atomic E-state index is 0.400. The highest BCUT2D eigenvalue weighted by molar-refractivity contribution is 9.10. The van der Waals surface area contributed by atoms with Gasteiger partial charge in [-0.25, -0.2) is 4.98 Å². The van der Waals surface area contributed by atoms with Crippen LogP contribution in [0.15, 0.2) is 33.2 Å². The number of furan rings is 1. The third kappa shape index (κ3) is 2.77. The van der Waals surface area contributed by atoms with Gasteiger partial charge in [-0.3, -0.25) is 0 Å². The Bertz CT molecular complexity index is 498. The highest BCUT2D eigenvalue weighted by Gasteiger charge is 2.01. The van der Waals surface area contributed by atoms with E-state index in [-0.39, 0.29) is 0 Å². The van der Waals surface area contributed by atoms with Crippen LogP contribution in [0.1, 0.15) is 11.5 Å². The second-order valence-corrected chi connectivity index (χ2v) is 4.55. The molecule has 2 heterocycles. The molecule has 0 saturated heterocycles. The second kappa shape index (κ2) is 4.89. The third-order valence-corrected chi connectivity index (χ3v) is 3.14. The van der Waals surface area contributed by atoms with E-state index in [0.717, 1.165) is 21.7 Å². The first-order valence-electron chi connectivity index (χ1n) is 4.76. The summed E-state index contributed by atoms with van der Waals surface area (Å²) in [5.74, 6) is 1.60. The summed E-state index contributed by atoms with van der Waals surface area (Å²) in [6, 6.07) is 7.42. The molecule has 0 amide bonds. The van der Waals surface area contributed by atoms with Gasteiger partial charge in [0, 0.05) is 4.47 Å². The van der Waals surface area contributed by atoms with Gasteiger partial charge in [-0.2, -0.15) is 0 Å². The van der Waals surface area contributed by atoms with E-state index in [1.165, 1.54) is 0 Å². The molecule has 0 radical (unpaired) electrons. The van der Waals surface area contributed by atoms with Crippen molar-refractivity contribution in [1.29, 1.82) is 0 Å². The van der Waals surface area contributed by atoms with Crippen LogP contribution >= 0.6 is 27.5 Å². The fourth-order valence-corrected chi connectivity index (χ4v) is 1.65. The summed E-state index contributed by atoms with van der Waals surface area (Å²) in [7, 11) is 0. The lowest BCUT2D eigenvalue weighted by Gasteiger charge is -2.05. The van der Waals surface area contributed by atoms with Crippen LogP contribution in [0.25, 0.3) is 0 Å². The molecule has 0 aliphatic rings. The van der Waals surface area contributed by atoms with E-state index in [0.29, 0.717) is 11.8 Å². The normalized spacial score (nSPS) is 10.4. The van der Waals surface area contributed by atoms with Gasteiger partial charge >= 0.3 is 0 Å². The summed E-state index contributed by atoms with van der Waals surface area (Å²) in [6.07, 6.45) is 0. The molecular formula is C11H10BrClN2O. The molecule has 1 N–H and O–H groups in total. The fourth-order valence-electron chi connectivity index (χ4n) is 1.27. The summed E-state index contributed by atoms with van der Waals surface area (Å²) < 4.78 is 6.22. The highest BCUT2D eigenvalue weighted by Crippen LogP contribution is 2.18. The maximum atomic E-state index is 5.67. The van der Waals surface area contributed by atoms with Gasteiger partial charge in [0.1, 0.15) is 11.6 Å². The van der Waals surface area contributed by atoms with Gasteiger partial charge in [0.2, 0.25) is 0 Å². The number of rotatable bonds is 3. The summed E-state index contributed by atoms with van der Waals surface area (Å²) in [5, 5.41) is 3.56. The van der Waals surface area contributed by atoms with Crippen LogP contribution in [0.5, 0.6) is 0 Å². The monoisotopic (exact) mass is 300 g/mol. The van der Waals surface area contributed by atoms with Gasteiger partial charge in [-0.1, -0.05) is 0 Å². The quantitative estimate of drug-likeness (QED) is 0.931. The number of hydrogen-bond acceptors (Lipinski definition) is 3. The molecule has 0 spiro atoms. The van der Waals surface area contributed by atoms with Crippen molar-refractivity contribution in [1.82, 2.24) is 4.98 Å². The number of halogens is 2.